The lowest BCUT2D eigenvalue weighted by Crippen LogP contribution is -2.32. The van der Waals surface area contributed by atoms with E-state index in [0.29, 0.717) is 51.1 Å². The second-order valence-electron chi connectivity index (χ2n) is 10.5. The van der Waals surface area contributed by atoms with Gasteiger partial charge in [-0.25, -0.2) is 4.79 Å². The fourth-order valence-corrected chi connectivity index (χ4v) is 4.79. The van der Waals surface area contributed by atoms with Crippen LogP contribution in [0.15, 0.2) is 24.3 Å². The first-order valence-electron chi connectivity index (χ1n) is 13.4. The molecule has 0 bridgehead atoms. The van der Waals surface area contributed by atoms with Crippen LogP contribution in [0.2, 0.25) is 0 Å². The second-order valence-corrected chi connectivity index (χ2v) is 10.5. The number of nitrogens with zero attached hydrogens (tertiary/aromatic N) is 1. The van der Waals surface area contributed by atoms with Gasteiger partial charge in [-0.15, -0.1) is 0 Å². The highest BCUT2D eigenvalue weighted by Crippen LogP contribution is 2.38. The van der Waals surface area contributed by atoms with Gasteiger partial charge in [-0.3, -0.25) is 24.1 Å². The standard InChI is InChI=1S/C29H41N3O7/c1-20-17-21(2)27(29(4,5)19-22(3)33)23(18-20)39-28(37)31-13-16-38-15-12-30-24(34)9-7-6-8-14-32-25(35)10-11-26(32)36/h10-11,17-18H,6-9,12-16,19H2,1-5H3,(H,30,34)(H,31,37). The third-order valence-electron chi connectivity index (χ3n) is 6.28. The third kappa shape index (κ3) is 10.6. The van der Waals surface area contributed by atoms with E-state index in [2.05, 4.69) is 10.6 Å². The van der Waals surface area contributed by atoms with E-state index >= 15 is 0 Å². The number of benzene rings is 1. The number of ketones is 1. The van der Waals surface area contributed by atoms with Crippen molar-refractivity contribution < 1.29 is 33.4 Å². The zero-order chi connectivity index (χ0) is 29.0. The third-order valence-corrected chi connectivity index (χ3v) is 6.28. The minimum atomic E-state index is -0.605. The Morgan fingerprint density at radius 1 is 0.923 bits per heavy atom. The second kappa shape index (κ2) is 15.2. The largest absolute Gasteiger partial charge is 0.412 e. The Balaban J connectivity index is 1.60. The molecule has 0 spiro atoms. The molecule has 39 heavy (non-hydrogen) atoms. The molecule has 1 aromatic carbocycles. The van der Waals surface area contributed by atoms with Gasteiger partial charge in [-0.2, -0.15) is 0 Å². The van der Waals surface area contributed by atoms with Gasteiger partial charge in [-0.05, 0) is 50.8 Å². The molecule has 4 amide bonds. The molecule has 10 nitrogen and oxygen atoms in total. The predicted molar refractivity (Wildman–Crippen MR) is 146 cm³/mol. The molecule has 2 N–H and O–H groups in total. The van der Waals surface area contributed by atoms with Crippen molar-refractivity contribution in [2.45, 2.75) is 72.1 Å². The van der Waals surface area contributed by atoms with E-state index in [-0.39, 0.29) is 36.7 Å². The highest BCUT2D eigenvalue weighted by molar-refractivity contribution is 6.12. The molecule has 0 atom stereocenters. The van der Waals surface area contributed by atoms with Gasteiger partial charge >= 0.3 is 6.09 Å². The van der Waals surface area contributed by atoms with Gasteiger partial charge in [0.05, 0.1) is 13.2 Å². The molecule has 1 aliphatic rings. The molecule has 0 fully saturated rings. The maximum atomic E-state index is 12.4. The molecular formula is C29H41N3O7. The van der Waals surface area contributed by atoms with Gasteiger partial charge in [-0.1, -0.05) is 26.3 Å². The zero-order valence-electron chi connectivity index (χ0n) is 23.7. The summed E-state index contributed by atoms with van der Waals surface area (Å²) in [5, 5.41) is 5.44. The molecule has 0 aliphatic carbocycles. The number of hydrogen-bond acceptors (Lipinski definition) is 7. The first-order valence-corrected chi connectivity index (χ1v) is 13.4. The van der Waals surface area contributed by atoms with E-state index in [1.165, 1.54) is 17.1 Å². The summed E-state index contributed by atoms with van der Waals surface area (Å²) in [5.74, 6) is -0.162. The van der Waals surface area contributed by atoms with Crippen LogP contribution in [0.5, 0.6) is 5.75 Å². The number of carbonyl (C=O) groups excluding carboxylic acids is 5. The van der Waals surface area contributed by atoms with Crippen molar-refractivity contribution >= 4 is 29.6 Å². The Labute approximate surface area is 230 Å². The van der Waals surface area contributed by atoms with Crippen LogP contribution < -0.4 is 15.4 Å². The number of amides is 4. The summed E-state index contributed by atoms with van der Waals surface area (Å²) in [6, 6.07) is 3.81. The molecule has 0 aromatic heterocycles. The normalized spacial score (nSPS) is 13.1. The van der Waals surface area contributed by atoms with E-state index in [1.807, 2.05) is 33.8 Å². The number of ether oxygens (including phenoxy) is 2. The minimum absolute atomic E-state index is 0.0621. The summed E-state index contributed by atoms with van der Waals surface area (Å²) in [4.78, 5) is 60.3. The van der Waals surface area contributed by atoms with Crippen molar-refractivity contribution in [1.82, 2.24) is 15.5 Å². The summed E-state index contributed by atoms with van der Waals surface area (Å²) >= 11 is 0. The molecule has 0 radical (unpaired) electrons. The van der Waals surface area contributed by atoms with Crippen molar-refractivity contribution in [3.05, 3.63) is 41.0 Å². The van der Waals surface area contributed by atoms with Crippen molar-refractivity contribution in [2.24, 2.45) is 0 Å². The van der Waals surface area contributed by atoms with Gasteiger partial charge in [0.1, 0.15) is 11.5 Å². The van der Waals surface area contributed by atoms with Crippen molar-refractivity contribution in [2.75, 3.05) is 32.8 Å². The molecule has 214 valence electrons. The molecule has 1 aliphatic heterocycles. The summed E-state index contributed by atoms with van der Waals surface area (Å²) in [5.41, 5.74) is 2.26. The van der Waals surface area contributed by atoms with Crippen LogP contribution in [0.3, 0.4) is 0 Å². The Bertz CT molecular complexity index is 1080. The number of nitrogens with one attached hydrogen (secondary N) is 2. The lowest BCUT2D eigenvalue weighted by atomic mass is 9.77. The van der Waals surface area contributed by atoms with Crippen LogP contribution >= 0.6 is 0 Å². The number of aryl methyl sites for hydroxylation is 2. The van der Waals surface area contributed by atoms with Crippen LogP contribution in [-0.4, -0.2) is 67.3 Å². The summed E-state index contributed by atoms with van der Waals surface area (Å²) in [6.07, 6.45) is 4.68. The van der Waals surface area contributed by atoms with Crippen LogP contribution in [0.4, 0.5) is 4.79 Å². The van der Waals surface area contributed by atoms with Gasteiger partial charge in [0, 0.05) is 55.6 Å². The number of rotatable bonds is 16. The number of imide groups is 1. The Kier molecular flexibility index (Phi) is 12.3. The Morgan fingerprint density at radius 3 is 2.21 bits per heavy atom. The topological polar surface area (TPSA) is 131 Å². The fraction of sp³-hybridized carbons (Fsp3) is 0.552. The van der Waals surface area contributed by atoms with E-state index in [9.17, 15) is 24.0 Å². The van der Waals surface area contributed by atoms with Crippen molar-refractivity contribution in [1.29, 1.82) is 0 Å². The molecule has 0 saturated carbocycles. The summed E-state index contributed by atoms with van der Waals surface area (Å²) in [6.45, 7) is 10.9. The van der Waals surface area contributed by atoms with Gasteiger partial charge in [0.25, 0.3) is 11.8 Å². The van der Waals surface area contributed by atoms with Gasteiger partial charge in [0.15, 0.2) is 0 Å². The van der Waals surface area contributed by atoms with Crippen molar-refractivity contribution in [3.8, 4) is 5.75 Å². The Hall–Kier alpha value is -3.53. The van der Waals surface area contributed by atoms with E-state index < -0.39 is 11.5 Å². The maximum absolute atomic E-state index is 12.4. The van der Waals surface area contributed by atoms with Crippen molar-refractivity contribution in [3.63, 3.8) is 0 Å². The molecule has 2 rings (SSSR count). The smallest absolute Gasteiger partial charge is 0.410 e. The molecular weight excluding hydrogens is 502 g/mol. The van der Waals surface area contributed by atoms with E-state index in [1.54, 1.807) is 13.0 Å². The van der Waals surface area contributed by atoms with E-state index in [4.69, 9.17) is 9.47 Å². The van der Waals surface area contributed by atoms with Crippen LogP contribution in [-0.2, 0) is 29.3 Å². The minimum Gasteiger partial charge on any atom is -0.410 e. The highest BCUT2D eigenvalue weighted by Gasteiger charge is 2.29. The maximum Gasteiger partial charge on any atom is 0.412 e. The first kappa shape index (κ1) is 31.7. The average Bonchev–Trinajstić information content (AvgIpc) is 3.13. The SMILES string of the molecule is CC(=O)CC(C)(C)c1c(C)cc(C)cc1OC(=O)NCCOCCNC(=O)CCCCCN1C(=O)C=CC1=O. The monoisotopic (exact) mass is 543 g/mol. The van der Waals surface area contributed by atoms with Crippen LogP contribution in [0.25, 0.3) is 0 Å². The number of hydrogen-bond donors (Lipinski definition) is 2. The molecule has 0 saturated heterocycles. The molecule has 0 unspecified atom stereocenters. The highest BCUT2D eigenvalue weighted by atomic mass is 16.6. The number of unbranched alkanes of at least 4 members (excludes halogenated alkanes) is 2. The Morgan fingerprint density at radius 2 is 1.56 bits per heavy atom. The number of Topliss-reactive ketones (excluding diaryl/α,β-unsaturated/α-hetero) is 1. The lowest BCUT2D eigenvalue weighted by molar-refractivity contribution is -0.137. The lowest BCUT2D eigenvalue weighted by Gasteiger charge is -2.28. The van der Waals surface area contributed by atoms with Gasteiger partial charge in [0.2, 0.25) is 5.91 Å². The zero-order valence-corrected chi connectivity index (χ0v) is 23.7. The average molecular weight is 544 g/mol. The summed E-state index contributed by atoms with van der Waals surface area (Å²) < 4.78 is 11.1. The molecule has 10 heteroatoms. The quantitative estimate of drug-likeness (QED) is 0.242. The number of carbonyl (C=O) groups is 5. The van der Waals surface area contributed by atoms with Crippen LogP contribution in [0, 0.1) is 13.8 Å². The van der Waals surface area contributed by atoms with E-state index in [0.717, 1.165) is 23.1 Å². The fourth-order valence-electron chi connectivity index (χ4n) is 4.79. The molecule has 1 heterocycles. The van der Waals surface area contributed by atoms with Gasteiger partial charge < -0.3 is 20.1 Å². The summed E-state index contributed by atoms with van der Waals surface area (Å²) in [7, 11) is 0. The first-order chi connectivity index (χ1) is 18.4. The molecule has 1 aromatic rings. The predicted octanol–water partition coefficient (Wildman–Crippen LogP) is 3.27. The van der Waals surface area contributed by atoms with Crippen LogP contribution in [0.1, 0.15) is 69.6 Å².